The molecule has 0 aromatic heterocycles. The van der Waals surface area contributed by atoms with Gasteiger partial charge in [-0.15, -0.1) is 0 Å². The normalized spacial score (nSPS) is 18.0. The summed E-state index contributed by atoms with van der Waals surface area (Å²) in [5.74, 6) is -1.37. The molecule has 0 unspecified atom stereocenters. The number of carbonyl (C=O) groups excluding carboxylic acids is 2. The van der Waals surface area contributed by atoms with Crippen LogP contribution < -0.4 is 10.2 Å². The van der Waals surface area contributed by atoms with Crippen molar-refractivity contribution in [1.82, 2.24) is 5.32 Å². The van der Waals surface area contributed by atoms with Crippen molar-refractivity contribution >= 4 is 17.7 Å². The van der Waals surface area contributed by atoms with Crippen molar-refractivity contribution in [3.8, 4) is 5.75 Å². The summed E-state index contributed by atoms with van der Waals surface area (Å²) >= 11 is 0. The Labute approximate surface area is 176 Å². The Morgan fingerprint density at radius 2 is 1.52 bits per heavy atom. The molecule has 3 aromatic rings. The predicted molar refractivity (Wildman–Crippen MR) is 108 cm³/mol. The molecule has 2 atom stereocenters. The Morgan fingerprint density at radius 3 is 2.13 bits per heavy atom. The summed E-state index contributed by atoms with van der Waals surface area (Å²) < 4.78 is 31.8. The van der Waals surface area contributed by atoms with Gasteiger partial charge < -0.3 is 15.2 Å². The van der Waals surface area contributed by atoms with Crippen molar-refractivity contribution in [1.29, 1.82) is 0 Å². The average molecular weight is 424 g/mol. The van der Waals surface area contributed by atoms with Crippen LogP contribution in [-0.2, 0) is 16.1 Å². The predicted octanol–water partition coefficient (Wildman–Crippen LogP) is 4.05. The molecule has 0 saturated carbocycles. The fourth-order valence-corrected chi connectivity index (χ4v) is 3.43. The average Bonchev–Trinajstić information content (AvgIpc) is 3.11. The smallest absolute Gasteiger partial charge is 0.415 e. The van der Waals surface area contributed by atoms with Crippen LogP contribution in [0.5, 0.6) is 5.75 Å². The maximum atomic E-state index is 13.4. The number of cyclic esters (lactones) is 1. The molecule has 1 saturated heterocycles. The molecule has 1 heterocycles. The number of phenols is 1. The molecule has 1 aliphatic heterocycles. The maximum absolute atomic E-state index is 13.4. The number of aromatic hydroxyl groups is 1. The molecular formula is C23H18F2N2O4. The van der Waals surface area contributed by atoms with Crippen LogP contribution in [0.3, 0.4) is 0 Å². The molecule has 1 aliphatic rings. The lowest BCUT2D eigenvalue weighted by atomic mass is 9.99. The van der Waals surface area contributed by atoms with E-state index in [9.17, 15) is 23.5 Å². The van der Waals surface area contributed by atoms with Gasteiger partial charge in [0.1, 0.15) is 23.4 Å². The number of hydrogen-bond donors (Lipinski definition) is 2. The van der Waals surface area contributed by atoms with Crippen molar-refractivity contribution in [3.05, 3.63) is 95.6 Å². The third-order valence-electron chi connectivity index (χ3n) is 4.97. The lowest BCUT2D eigenvalue weighted by Crippen LogP contribution is -2.39. The zero-order chi connectivity index (χ0) is 22.0. The summed E-state index contributed by atoms with van der Waals surface area (Å²) in [6.07, 6.45) is -1.95. The second-order valence-electron chi connectivity index (χ2n) is 7.03. The van der Waals surface area contributed by atoms with Gasteiger partial charge in [0.15, 0.2) is 0 Å². The van der Waals surface area contributed by atoms with E-state index in [1.165, 1.54) is 53.4 Å². The van der Waals surface area contributed by atoms with Crippen molar-refractivity contribution in [3.63, 3.8) is 0 Å². The van der Waals surface area contributed by atoms with E-state index in [0.29, 0.717) is 16.8 Å². The molecule has 1 fully saturated rings. The van der Waals surface area contributed by atoms with Crippen LogP contribution in [0, 0.1) is 11.6 Å². The highest BCUT2D eigenvalue weighted by atomic mass is 19.1. The Morgan fingerprint density at radius 1 is 0.935 bits per heavy atom. The second kappa shape index (κ2) is 8.43. The quantitative estimate of drug-likeness (QED) is 0.648. The van der Waals surface area contributed by atoms with Crippen LogP contribution in [0.15, 0.2) is 72.8 Å². The highest BCUT2D eigenvalue weighted by Gasteiger charge is 2.47. The lowest BCUT2D eigenvalue weighted by Gasteiger charge is -2.25. The van der Waals surface area contributed by atoms with E-state index in [0.717, 1.165) is 0 Å². The minimum atomic E-state index is -1.19. The molecule has 0 spiro atoms. The van der Waals surface area contributed by atoms with Crippen molar-refractivity contribution < 1.29 is 28.2 Å². The van der Waals surface area contributed by atoms with Gasteiger partial charge in [-0.25, -0.2) is 13.6 Å². The third kappa shape index (κ3) is 4.32. The number of anilines is 1. The first-order valence-electron chi connectivity index (χ1n) is 9.49. The Balaban J connectivity index is 1.62. The summed E-state index contributed by atoms with van der Waals surface area (Å²) in [6.45, 7) is 0.117. The largest absolute Gasteiger partial charge is 0.508 e. The van der Waals surface area contributed by atoms with E-state index in [1.807, 2.05) is 0 Å². The van der Waals surface area contributed by atoms with Crippen LogP contribution in [-0.4, -0.2) is 23.2 Å². The molecule has 2 amide bonds. The fraction of sp³-hybridized carbons (Fsp3) is 0.130. The summed E-state index contributed by atoms with van der Waals surface area (Å²) in [5, 5.41) is 12.3. The van der Waals surface area contributed by atoms with E-state index in [-0.39, 0.29) is 18.1 Å². The molecular weight excluding hydrogens is 406 g/mol. The van der Waals surface area contributed by atoms with Gasteiger partial charge in [0.05, 0.1) is 0 Å². The molecule has 158 valence electrons. The third-order valence-corrected chi connectivity index (χ3v) is 4.97. The second-order valence-corrected chi connectivity index (χ2v) is 7.03. The number of nitrogens with one attached hydrogen (secondary N) is 1. The number of nitrogens with zero attached hydrogens (tertiary/aromatic N) is 1. The number of amides is 2. The summed E-state index contributed by atoms with van der Waals surface area (Å²) in [4.78, 5) is 26.9. The van der Waals surface area contributed by atoms with Gasteiger partial charge in [-0.2, -0.15) is 0 Å². The Hall–Kier alpha value is -3.94. The molecule has 0 bridgehead atoms. The number of benzene rings is 3. The highest BCUT2D eigenvalue weighted by molar-refractivity contribution is 5.97. The summed E-state index contributed by atoms with van der Waals surface area (Å²) in [5.41, 5.74) is 1.59. The van der Waals surface area contributed by atoms with Crippen LogP contribution >= 0.6 is 0 Å². The van der Waals surface area contributed by atoms with Gasteiger partial charge in [-0.1, -0.05) is 24.3 Å². The van der Waals surface area contributed by atoms with E-state index >= 15 is 0 Å². The van der Waals surface area contributed by atoms with Gasteiger partial charge in [0, 0.05) is 12.2 Å². The zero-order valence-electron chi connectivity index (χ0n) is 16.2. The van der Waals surface area contributed by atoms with Gasteiger partial charge >= 0.3 is 6.09 Å². The molecule has 4 rings (SSSR count). The van der Waals surface area contributed by atoms with Crippen molar-refractivity contribution in [2.24, 2.45) is 0 Å². The minimum absolute atomic E-state index is 0.0274. The molecule has 8 heteroatoms. The first-order valence-corrected chi connectivity index (χ1v) is 9.49. The fourth-order valence-electron chi connectivity index (χ4n) is 3.43. The monoisotopic (exact) mass is 424 g/mol. The van der Waals surface area contributed by atoms with Crippen LogP contribution in [0.25, 0.3) is 0 Å². The molecule has 31 heavy (non-hydrogen) atoms. The number of ether oxygens (including phenoxy) is 1. The van der Waals surface area contributed by atoms with Crippen LogP contribution in [0.4, 0.5) is 19.3 Å². The number of carbonyl (C=O) groups is 2. The number of phenolic OH excluding ortho intramolecular Hbond substituents is 1. The van der Waals surface area contributed by atoms with Crippen LogP contribution in [0.1, 0.15) is 17.2 Å². The van der Waals surface area contributed by atoms with Gasteiger partial charge in [-0.05, 0) is 59.7 Å². The number of halogens is 2. The van der Waals surface area contributed by atoms with E-state index < -0.39 is 30.0 Å². The maximum Gasteiger partial charge on any atom is 0.415 e. The molecule has 2 N–H and O–H groups in total. The highest BCUT2D eigenvalue weighted by Crippen LogP contribution is 2.38. The first-order chi connectivity index (χ1) is 14.9. The summed E-state index contributed by atoms with van der Waals surface area (Å²) in [6, 6.07) is 16.1. The van der Waals surface area contributed by atoms with E-state index in [1.54, 1.807) is 24.3 Å². The van der Waals surface area contributed by atoms with Gasteiger partial charge in [-0.3, -0.25) is 9.69 Å². The number of rotatable bonds is 5. The molecule has 6 nitrogen and oxygen atoms in total. The van der Waals surface area contributed by atoms with E-state index in [2.05, 4.69) is 5.32 Å². The Bertz CT molecular complexity index is 1090. The van der Waals surface area contributed by atoms with Crippen molar-refractivity contribution in [2.75, 3.05) is 4.90 Å². The minimum Gasteiger partial charge on any atom is -0.508 e. The number of hydrogen-bond acceptors (Lipinski definition) is 4. The van der Waals surface area contributed by atoms with Gasteiger partial charge in [0.2, 0.25) is 6.10 Å². The summed E-state index contributed by atoms with van der Waals surface area (Å²) in [7, 11) is 0. The standard InChI is InChI=1S/C23H18F2N2O4/c24-16-5-1-14(2-6-16)13-26-22(29)21-20(15-3-11-19(28)12-4-15)27(23(30)31-21)18-9-7-17(25)8-10-18/h1-12,20-21,28H,13H2,(H,26,29)/t20-,21+/m1/s1. The van der Waals surface area contributed by atoms with E-state index in [4.69, 9.17) is 4.74 Å². The molecule has 0 aliphatic carbocycles. The molecule has 0 radical (unpaired) electrons. The lowest BCUT2D eigenvalue weighted by molar-refractivity contribution is -0.129. The molecule has 3 aromatic carbocycles. The SMILES string of the molecule is O=C(NCc1ccc(F)cc1)[C@H]1OC(=O)N(c2ccc(F)cc2)[C@@H]1c1ccc(O)cc1. The zero-order valence-corrected chi connectivity index (χ0v) is 16.2. The van der Waals surface area contributed by atoms with Gasteiger partial charge in [0.25, 0.3) is 5.91 Å². The van der Waals surface area contributed by atoms with Crippen LogP contribution in [0.2, 0.25) is 0 Å². The Kier molecular flexibility index (Phi) is 5.53. The first kappa shape index (κ1) is 20.3. The topological polar surface area (TPSA) is 78.9 Å². The van der Waals surface area contributed by atoms with Crippen molar-refractivity contribution in [2.45, 2.75) is 18.7 Å².